The Labute approximate surface area is 99.5 Å². The minimum absolute atomic E-state index is 0.498. The van der Waals surface area contributed by atoms with Crippen molar-refractivity contribution in [1.29, 1.82) is 0 Å². The number of hydrogen-bond donors (Lipinski definition) is 1. The second-order valence-electron chi connectivity index (χ2n) is 3.06. The largest absolute Gasteiger partial charge is 0.386 e. The van der Waals surface area contributed by atoms with Crippen LogP contribution in [0.25, 0.3) is 0 Å². The maximum atomic E-state index is 9.81. The van der Waals surface area contributed by atoms with Gasteiger partial charge in [0.2, 0.25) is 0 Å². The molecule has 1 N–H and O–H groups in total. The molecule has 0 aliphatic heterocycles. The molecular formula is C9H8BrN3OS. The predicted octanol–water partition coefficient (Wildman–Crippen LogP) is 1.97. The van der Waals surface area contributed by atoms with Gasteiger partial charge in [-0.1, -0.05) is 0 Å². The number of nitrogens with zero attached hydrogens (tertiary/aromatic N) is 3. The van der Waals surface area contributed by atoms with Gasteiger partial charge in [0.1, 0.15) is 11.8 Å². The minimum Gasteiger partial charge on any atom is -0.386 e. The van der Waals surface area contributed by atoms with Crippen molar-refractivity contribution in [3.63, 3.8) is 0 Å². The van der Waals surface area contributed by atoms with Crippen molar-refractivity contribution in [3.05, 3.63) is 40.4 Å². The van der Waals surface area contributed by atoms with Crippen LogP contribution in [0, 0.1) is 0 Å². The molecule has 0 aromatic carbocycles. The van der Waals surface area contributed by atoms with Gasteiger partial charge in [0, 0.05) is 23.3 Å². The SMILES string of the molecule is OC(Cc1cncc(Br)c1)c1cnsn1. The van der Waals surface area contributed by atoms with Crippen molar-refractivity contribution in [3.8, 4) is 0 Å². The minimum atomic E-state index is -0.611. The molecule has 4 nitrogen and oxygen atoms in total. The van der Waals surface area contributed by atoms with E-state index in [4.69, 9.17) is 0 Å². The number of aromatic nitrogens is 3. The smallest absolute Gasteiger partial charge is 0.103 e. The molecule has 2 aromatic rings. The van der Waals surface area contributed by atoms with Crippen LogP contribution in [-0.2, 0) is 6.42 Å². The molecule has 0 bridgehead atoms. The molecule has 15 heavy (non-hydrogen) atoms. The van der Waals surface area contributed by atoms with E-state index in [-0.39, 0.29) is 0 Å². The van der Waals surface area contributed by atoms with Crippen molar-refractivity contribution >= 4 is 27.7 Å². The van der Waals surface area contributed by atoms with Gasteiger partial charge in [0.05, 0.1) is 17.9 Å². The summed E-state index contributed by atoms with van der Waals surface area (Å²) < 4.78 is 8.74. The third-order valence-corrected chi connectivity index (χ3v) is 2.84. The number of aliphatic hydroxyl groups excluding tert-OH is 1. The molecule has 0 aliphatic rings. The fourth-order valence-corrected chi connectivity index (χ4v) is 2.09. The zero-order valence-corrected chi connectivity index (χ0v) is 10.1. The zero-order chi connectivity index (χ0) is 10.7. The summed E-state index contributed by atoms with van der Waals surface area (Å²) in [6.07, 6.45) is 4.91. The van der Waals surface area contributed by atoms with Crippen LogP contribution in [0.3, 0.4) is 0 Å². The summed E-state index contributed by atoms with van der Waals surface area (Å²) >= 11 is 4.43. The van der Waals surface area contributed by atoms with Gasteiger partial charge in [-0.05, 0) is 27.6 Å². The van der Waals surface area contributed by atoms with Crippen LogP contribution in [0.15, 0.2) is 29.1 Å². The van der Waals surface area contributed by atoms with E-state index >= 15 is 0 Å². The first-order chi connectivity index (χ1) is 7.25. The van der Waals surface area contributed by atoms with Crippen LogP contribution in [0.5, 0.6) is 0 Å². The highest BCUT2D eigenvalue weighted by atomic mass is 79.9. The molecule has 1 unspecified atom stereocenters. The second kappa shape index (κ2) is 4.78. The van der Waals surface area contributed by atoms with E-state index in [1.165, 1.54) is 0 Å². The Bertz CT molecular complexity index is 435. The summed E-state index contributed by atoms with van der Waals surface area (Å²) in [4.78, 5) is 4.03. The molecule has 0 aliphatic carbocycles. The summed E-state index contributed by atoms with van der Waals surface area (Å²) in [6.45, 7) is 0. The summed E-state index contributed by atoms with van der Waals surface area (Å²) in [5, 5.41) is 9.81. The van der Waals surface area contributed by atoms with Crippen LogP contribution < -0.4 is 0 Å². The molecule has 0 saturated heterocycles. The van der Waals surface area contributed by atoms with Crippen molar-refractivity contribution in [2.75, 3.05) is 0 Å². The van der Waals surface area contributed by atoms with Gasteiger partial charge in [0.25, 0.3) is 0 Å². The van der Waals surface area contributed by atoms with Gasteiger partial charge >= 0.3 is 0 Å². The van der Waals surface area contributed by atoms with Crippen LogP contribution >= 0.6 is 27.7 Å². The number of rotatable bonds is 3. The molecule has 2 aromatic heterocycles. The van der Waals surface area contributed by atoms with Gasteiger partial charge in [-0.25, -0.2) is 0 Å². The van der Waals surface area contributed by atoms with Crippen molar-refractivity contribution in [1.82, 2.24) is 13.7 Å². The lowest BCUT2D eigenvalue weighted by atomic mass is 10.1. The topological polar surface area (TPSA) is 58.9 Å². The van der Waals surface area contributed by atoms with E-state index in [2.05, 4.69) is 29.7 Å². The van der Waals surface area contributed by atoms with Crippen molar-refractivity contribution in [2.24, 2.45) is 0 Å². The van der Waals surface area contributed by atoms with E-state index in [9.17, 15) is 5.11 Å². The van der Waals surface area contributed by atoms with Gasteiger partial charge < -0.3 is 5.11 Å². The maximum Gasteiger partial charge on any atom is 0.103 e. The molecule has 1 atom stereocenters. The van der Waals surface area contributed by atoms with Crippen LogP contribution in [0.1, 0.15) is 17.4 Å². The first kappa shape index (κ1) is 10.7. The molecule has 0 radical (unpaired) electrons. The summed E-state index contributed by atoms with van der Waals surface area (Å²) in [5.74, 6) is 0. The van der Waals surface area contributed by atoms with Gasteiger partial charge in [-0.3, -0.25) is 4.98 Å². The highest BCUT2D eigenvalue weighted by Crippen LogP contribution is 2.18. The van der Waals surface area contributed by atoms with Crippen molar-refractivity contribution in [2.45, 2.75) is 12.5 Å². The highest BCUT2D eigenvalue weighted by Gasteiger charge is 2.11. The molecular weight excluding hydrogens is 278 g/mol. The fourth-order valence-electron chi connectivity index (χ4n) is 1.21. The first-order valence-electron chi connectivity index (χ1n) is 4.30. The monoisotopic (exact) mass is 285 g/mol. The number of pyridine rings is 1. The molecule has 0 fully saturated rings. The normalized spacial score (nSPS) is 12.7. The summed E-state index contributed by atoms with van der Waals surface area (Å²) in [7, 11) is 0. The van der Waals surface area contributed by atoms with Crippen LogP contribution in [0.4, 0.5) is 0 Å². The molecule has 2 rings (SSSR count). The van der Waals surface area contributed by atoms with Gasteiger partial charge in [-0.2, -0.15) is 8.75 Å². The number of halogens is 1. The predicted molar refractivity (Wildman–Crippen MR) is 60.5 cm³/mol. The molecule has 6 heteroatoms. The Morgan fingerprint density at radius 2 is 2.27 bits per heavy atom. The van der Waals surface area contributed by atoms with Crippen LogP contribution in [0.2, 0.25) is 0 Å². The lowest BCUT2D eigenvalue weighted by molar-refractivity contribution is 0.174. The van der Waals surface area contributed by atoms with Crippen molar-refractivity contribution < 1.29 is 5.11 Å². The first-order valence-corrected chi connectivity index (χ1v) is 5.83. The molecule has 0 spiro atoms. The lowest BCUT2D eigenvalue weighted by Gasteiger charge is -2.06. The van der Waals surface area contributed by atoms with E-state index in [0.29, 0.717) is 12.1 Å². The fraction of sp³-hybridized carbons (Fsp3) is 0.222. The Morgan fingerprint density at radius 1 is 1.40 bits per heavy atom. The Morgan fingerprint density at radius 3 is 2.93 bits per heavy atom. The van der Waals surface area contributed by atoms with Gasteiger partial charge in [-0.15, -0.1) is 0 Å². The third kappa shape index (κ3) is 2.80. The molecule has 78 valence electrons. The van der Waals surface area contributed by atoms with E-state index in [0.717, 1.165) is 21.8 Å². The van der Waals surface area contributed by atoms with Gasteiger partial charge in [0.15, 0.2) is 0 Å². The highest BCUT2D eigenvalue weighted by molar-refractivity contribution is 9.10. The quantitative estimate of drug-likeness (QED) is 0.937. The third-order valence-electron chi connectivity index (χ3n) is 1.91. The average molecular weight is 286 g/mol. The maximum absolute atomic E-state index is 9.81. The number of hydrogen-bond acceptors (Lipinski definition) is 5. The Hall–Kier alpha value is -0.850. The van der Waals surface area contributed by atoms with E-state index in [1.54, 1.807) is 18.6 Å². The Kier molecular flexibility index (Phi) is 3.40. The number of aliphatic hydroxyl groups is 1. The second-order valence-corrected chi connectivity index (χ2v) is 4.54. The molecule has 0 amide bonds. The molecule has 2 heterocycles. The summed E-state index contributed by atoms with van der Waals surface area (Å²) in [6, 6.07) is 1.93. The zero-order valence-electron chi connectivity index (χ0n) is 7.67. The van der Waals surface area contributed by atoms with E-state index in [1.807, 2.05) is 6.07 Å². The summed E-state index contributed by atoms with van der Waals surface area (Å²) in [5.41, 5.74) is 1.57. The molecule has 0 saturated carbocycles. The Balaban J connectivity index is 2.09. The van der Waals surface area contributed by atoms with Crippen LogP contribution in [-0.4, -0.2) is 18.8 Å². The lowest BCUT2D eigenvalue weighted by Crippen LogP contribution is -2.02. The standard InChI is InChI=1S/C9H8BrN3OS/c10-7-1-6(3-11-4-7)2-9(14)8-5-12-15-13-8/h1,3-5,9,14H,2H2. The average Bonchev–Trinajstić information content (AvgIpc) is 2.70. The van der Waals surface area contributed by atoms with E-state index < -0.39 is 6.10 Å².